The molecule has 1 N–H and O–H groups in total. The fraction of sp³-hybridized carbons (Fsp3) is 0.333. The SMILES string of the molecule is C/C(Cl)=C/Cn1cc(CNC(C)c2ccccc2)nn1. The van der Waals surface area contributed by atoms with Crippen LogP contribution >= 0.6 is 11.6 Å². The van der Waals surface area contributed by atoms with Crippen molar-refractivity contribution in [2.45, 2.75) is 33.0 Å². The lowest BCUT2D eigenvalue weighted by Gasteiger charge is -2.12. The molecule has 1 heterocycles. The molecule has 4 nitrogen and oxygen atoms in total. The van der Waals surface area contributed by atoms with E-state index in [0.29, 0.717) is 13.1 Å². The summed E-state index contributed by atoms with van der Waals surface area (Å²) in [5, 5.41) is 12.4. The molecule has 5 heteroatoms. The Morgan fingerprint density at radius 1 is 1.40 bits per heavy atom. The van der Waals surface area contributed by atoms with Gasteiger partial charge in [-0.1, -0.05) is 47.1 Å². The Hall–Kier alpha value is -1.65. The average Bonchev–Trinajstić information content (AvgIpc) is 2.91. The number of nitrogens with one attached hydrogen (secondary N) is 1. The van der Waals surface area contributed by atoms with Crippen LogP contribution < -0.4 is 5.32 Å². The summed E-state index contributed by atoms with van der Waals surface area (Å²) in [5.41, 5.74) is 2.19. The zero-order chi connectivity index (χ0) is 14.4. The fourth-order valence-electron chi connectivity index (χ4n) is 1.85. The quantitative estimate of drug-likeness (QED) is 0.888. The lowest BCUT2D eigenvalue weighted by molar-refractivity contribution is 0.567. The number of benzene rings is 1. The first-order valence-electron chi connectivity index (χ1n) is 6.65. The van der Waals surface area contributed by atoms with Crippen LogP contribution in [-0.2, 0) is 13.1 Å². The van der Waals surface area contributed by atoms with Gasteiger partial charge in [0.1, 0.15) is 0 Å². The zero-order valence-electron chi connectivity index (χ0n) is 11.8. The van der Waals surface area contributed by atoms with E-state index in [0.717, 1.165) is 10.7 Å². The van der Waals surface area contributed by atoms with E-state index in [-0.39, 0.29) is 6.04 Å². The molecule has 0 aliphatic rings. The minimum Gasteiger partial charge on any atom is -0.304 e. The highest BCUT2D eigenvalue weighted by molar-refractivity contribution is 6.29. The highest BCUT2D eigenvalue weighted by Gasteiger charge is 2.05. The van der Waals surface area contributed by atoms with Crippen molar-refractivity contribution in [1.82, 2.24) is 20.3 Å². The first-order chi connectivity index (χ1) is 9.65. The number of allylic oxidation sites excluding steroid dienone is 2. The highest BCUT2D eigenvalue weighted by atomic mass is 35.5. The summed E-state index contributed by atoms with van der Waals surface area (Å²) in [6.07, 6.45) is 3.83. The van der Waals surface area contributed by atoms with Crippen LogP contribution in [0, 0.1) is 0 Å². The maximum Gasteiger partial charge on any atom is 0.0965 e. The molecule has 0 saturated heterocycles. The van der Waals surface area contributed by atoms with E-state index in [1.807, 2.05) is 37.4 Å². The standard InChI is InChI=1S/C15H19ClN4/c1-12(16)8-9-20-11-15(18-19-20)10-17-13(2)14-6-4-3-5-7-14/h3-8,11,13,17H,9-10H2,1-2H3/b12-8-. The van der Waals surface area contributed by atoms with Crippen molar-refractivity contribution in [3.05, 3.63) is 58.9 Å². The molecule has 0 amide bonds. The van der Waals surface area contributed by atoms with Gasteiger partial charge in [0, 0.05) is 17.6 Å². The van der Waals surface area contributed by atoms with Crippen LogP contribution in [0.25, 0.3) is 0 Å². The van der Waals surface area contributed by atoms with E-state index < -0.39 is 0 Å². The predicted octanol–water partition coefficient (Wildman–Crippen LogP) is 3.27. The molecular formula is C15H19ClN4. The average molecular weight is 291 g/mol. The van der Waals surface area contributed by atoms with Gasteiger partial charge in [0.2, 0.25) is 0 Å². The smallest absolute Gasteiger partial charge is 0.0965 e. The second-order valence-electron chi connectivity index (χ2n) is 4.74. The van der Waals surface area contributed by atoms with Gasteiger partial charge in [0.25, 0.3) is 0 Å². The summed E-state index contributed by atoms with van der Waals surface area (Å²) in [6, 6.07) is 10.6. The topological polar surface area (TPSA) is 42.7 Å². The van der Waals surface area contributed by atoms with Gasteiger partial charge in [-0.25, -0.2) is 4.68 Å². The second-order valence-corrected chi connectivity index (χ2v) is 5.33. The largest absolute Gasteiger partial charge is 0.304 e. The van der Waals surface area contributed by atoms with Crippen LogP contribution in [0.15, 0.2) is 47.6 Å². The Kier molecular flexibility index (Phi) is 5.32. The summed E-state index contributed by atoms with van der Waals surface area (Å²) in [7, 11) is 0. The highest BCUT2D eigenvalue weighted by Crippen LogP contribution is 2.11. The lowest BCUT2D eigenvalue weighted by Crippen LogP contribution is -2.18. The summed E-state index contributed by atoms with van der Waals surface area (Å²) in [4.78, 5) is 0. The summed E-state index contributed by atoms with van der Waals surface area (Å²) in [5.74, 6) is 0. The third-order valence-electron chi connectivity index (χ3n) is 3.03. The summed E-state index contributed by atoms with van der Waals surface area (Å²) >= 11 is 5.79. The van der Waals surface area contributed by atoms with Crippen LogP contribution in [0.1, 0.15) is 31.1 Å². The maximum atomic E-state index is 5.79. The second kappa shape index (κ2) is 7.22. The van der Waals surface area contributed by atoms with Crippen molar-refractivity contribution in [3.8, 4) is 0 Å². The first kappa shape index (κ1) is 14.8. The van der Waals surface area contributed by atoms with Gasteiger partial charge in [0.05, 0.1) is 18.4 Å². The van der Waals surface area contributed by atoms with Crippen LogP contribution in [-0.4, -0.2) is 15.0 Å². The van der Waals surface area contributed by atoms with Crippen molar-refractivity contribution in [1.29, 1.82) is 0 Å². The van der Waals surface area contributed by atoms with E-state index in [2.05, 4.69) is 34.7 Å². The van der Waals surface area contributed by atoms with Gasteiger partial charge in [0.15, 0.2) is 0 Å². The van der Waals surface area contributed by atoms with Crippen LogP contribution in [0.3, 0.4) is 0 Å². The molecular weight excluding hydrogens is 272 g/mol. The molecule has 0 spiro atoms. The molecule has 0 fully saturated rings. The number of hydrogen-bond acceptors (Lipinski definition) is 3. The van der Waals surface area contributed by atoms with Crippen LogP contribution in [0.5, 0.6) is 0 Å². The maximum absolute atomic E-state index is 5.79. The van der Waals surface area contributed by atoms with Crippen LogP contribution in [0.4, 0.5) is 0 Å². The van der Waals surface area contributed by atoms with Crippen molar-refractivity contribution in [3.63, 3.8) is 0 Å². The molecule has 1 aromatic carbocycles. The van der Waals surface area contributed by atoms with Gasteiger partial charge in [-0.05, 0) is 25.5 Å². The zero-order valence-corrected chi connectivity index (χ0v) is 12.5. The number of aromatic nitrogens is 3. The van der Waals surface area contributed by atoms with Crippen molar-refractivity contribution in [2.24, 2.45) is 0 Å². The monoisotopic (exact) mass is 290 g/mol. The Labute approximate surface area is 124 Å². The van der Waals surface area contributed by atoms with E-state index in [9.17, 15) is 0 Å². The Morgan fingerprint density at radius 3 is 2.85 bits per heavy atom. The van der Waals surface area contributed by atoms with E-state index in [4.69, 9.17) is 11.6 Å². The Morgan fingerprint density at radius 2 is 2.15 bits per heavy atom. The van der Waals surface area contributed by atoms with Crippen molar-refractivity contribution >= 4 is 11.6 Å². The van der Waals surface area contributed by atoms with Gasteiger partial charge < -0.3 is 5.32 Å². The molecule has 0 aliphatic heterocycles. The number of rotatable bonds is 6. The third kappa shape index (κ3) is 4.47. The minimum absolute atomic E-state index is 0.284. The molecule has 1 aromatic heterocycles. The molecule has 0 aliphatic carbocycles. The van der Waals surface area contributed by atoms with Gasteiger partial charge in [-0.2, -0.15) is 0 Å². The Bertz CT molecular complexity index is 558. The molecule has 0 bridgehead atoms. The van der Waals surface area contributed by atoms with E-state index >= 15 is 0 Å². The first-order valence-corrected chi connectivity index (χ1v) is 7.02. The molecule has 1 atom stereocenters. The van der Waals surface area contributed by atoms with Gasteiger partial charge in [-0.15, -0.1) is 5.10 Å². The molecule has 0 radical (unpaired) electrons. The van der Waals surface area contributed by atoms with E-state index in [1.54, 1.807) is 4.68 Å². The number of nitrogens with zero attached hydrogens (tertiary/aromatic N) is 3. The molecule has 20 heavy (non-hydrogen) atoms. The van der Waals surface area contributed by atoms with Gasteiger partial charge in [-0.3, -0.25) is 0 Å². The third-order valence-corrected chi connectivity index (χ3v) is 3.19. The molecule has 1 unspecified atom stereocenters. The minimum atomic E-state index is 0.284. The van der Waals surface area contributed by atoms with Crippen LogP contribution in [0.2, 0.25) is 0 Å². The van der Waals surface area contributed by atoms with E-state index in [1.165, 1.54) is 5.56 Å². The lowest BCUT2D eigenvalue weighted by atomic mass is 10.1. The fourth-order valence-corrected chi connectivity index (χ4v) is 1.91. The van der Waals surface area contributed by atoms with Gasteiger partial charge >= 0.3 is 0 Å². The molecule has 0 saturated carbocycles. The molecule has 2 rings (SSSR count). The van der Waals surface area contributed by atoms with Crippen molar-refractivity contribution in [2.75, 3.05) is 0 Å². The molecule has 106 valence electrons. The van der Waals surface area contributed by atoms with Crippen molar-refractivity contribution < 1.29 is 0 Å². The summed E-state index contributed by atoms with van der Waals surface area (Å²) in [6.45, 7) is 5.33. The predicted molar refractivity (Wildman–Crippen MR) is 81.3 cm³/mol. The normalized spacial score (nSPS) is 13.4. The summed E-state index contributed by atoms with van der Waals surface area (Å²) < 4.78 is 1.77. The molecule has 2 aromatic rings. The number of halogens is 1. The number of hydrogen-bond donors (Lipinski definition) is 1. The Balaban J connectivity index is 1.87.